The molecule has 4 N–H and O–H groups in total. The average molecular weight is 287 g/mol. The molecule has 1 aromatic heterocycles. The van der Waals surface area contributed by atoms with Crippen molar-refractivity contribution in [3.8, 4) is 5.75 Å². The van der Waals surface area contributed by atoms with E-state index >= 15 is 0 Å². The van der Waals surface area contributed by atoms with E-state index in [0.29, 0.717) is 11.4 Å². The van der Waals surface area contributed by atoms with Crippen LogP contribution < -0.4 is 15.8 Å². The lowest BCUT2D eigenvalue weighted by atomic mass is 10.2. The monoisotopic (exact) mass is 287 g/mol. The number of aromatic nitrogens is 1. The van der Waals surface area contributed by atoms with Gasteiger partial charge in [0.1, 0.15) is 12.4 Å². The fraction of sp³-hybridized carbons (Fsp3) is 0.0714. The van der Waals surface area contributed by atoms with Crippen molar-refractivity contribution in [2.45, 2.75) is 6.61 Å². The molecule has 0 fully saturated rings. The van der Waals surface area contributed by atoms with Gasteiger partial charge in [-0.25, -0.2) is 4.79 Å². The molecule has 0 saturated carbocycles. The second-order valence-corrected chi connectivity index (χ2v) is 4.19. The molecule has 108 valence electrons. The van der Waals surface area contributed by atoms with Gasteiger partial charge in [-0.05, 0) is 23.8 Å². The smallest absolute Gasteiger partial charge is 0.409 e. The molecule has 0 bridgehead atoms. The summed E-state index contributed by atoms with van der Waals surface area (Å²) in [6.45, 7) is 0.207. The van der Waals surface area contributed by atoms with Crippen LogP contribution in [0.1, 0.15) is 15.9 Å². The van der Waals surface area contributed by atoms with Crippen LogP contribution >= 0.6 is 0 Å². The number of carboxylic acid groups (broad SMARTS) is 1. The lowest BCUT2D eigenvalue weighted by Crippen LogP contribution is -2.11. The van der Waals surface area contributed by atoms with E-state index in [1.165, 1.54) is 18.5 Å². The van der Waals surface area contributed by atoms with Gasteiger partial charge in [0.2, 0.25) is 5.91 Å². The maximum Gasteiger partial charge on any atom is 0.409 e. The molecule has 0 unspecified atom stereocenters. The number of carbonyl (C=O) groups is 2. The largest absolute Gasteiger partial charge is 0.487 e. The first-order valence-corrected chi connectivity index (χ1v) is 6.01. The van der Waals surface area contributed by atoms with Crippen molar-refractivity contribution < 1.29 is 19.4 Å². The van der Waals surface area contributed by atoms with E-state index in [2.05, 4.69) is 10.3 Å². The Morgan fingerprint density at radius 1 is 1.29 bits per heavy atom. The Balaban J connectivity index is 2.04. The molecule has 0 saturated heterocycles. The molecule has 0 aliphatic carbocycles. The first-order valence-electron chi connectivity index (χ1n) is 6.01. The first kappa shape index (κ1) is 14.3. The molecule has 0 spiro atoms. The van der Waals surface area contributed by atoms with Crippen LogP contribution in [-0.2, 0) is 6.61 Å². The van der Waals surface area contributed by atoms with Crippen LogP contribution in [0.3, 0.4) is 0 Å². The zero-order valence-corrected chi connectivity index (χ0v) is 10.9. The van der Waals surface area contributed by atoms with Gasteiger partial charge in [-0.3, -0.25) is 15.1 Å². The highest BCUT2D eigenvalue weighted by atomic mass is 16.5. The Hall–Kier alpha value is -3.09. The van der Waals surface area contributed by atoms with E-state index in [-0.39, 0.29) is 12.2 Å². The van der Waals surface area contributed by atoms with Crippen LogP contribution in [0, 0.1) is 0 Å². The Labute approximate surface area is 120 Å². The number of benzene rings is 1. The molecule has 1 heterocycles. The highest BCUT2D eigenvalue weighted by Gasteiger charge is 2.04. The Morgan fingerprint density at radius 2 is 2.10 bits per heavy atom. The maximum absolute atomic E-state index is 11.0. The number of hydrogen-bond acceptors (Lipinski definition) is 4. The lowest BCUT2D eigenvalue weighted by Gasteiger charge is -2.08. The molecule has 0 radical (unpaired) electrons. The van der Waals surface area contributed by atoms with Gasteiger partial charge in [-0.2, -0.15) is 0 Å². The van der Waals surface area contributed by atoms with Crippen LogP contribution in [-0.4, -0.2) is 22.1 Å². The Kier molecular flexibility index (Phi) is 4.35. The molecule has 21 heavy (non-hydrogen) atoms. The lowest BCUT2D eigenvalue weighted by molar-refractivity contribution is 0.0999. The average Bonchev–Trinajstić information content (AvgIpc) is 2.45. The predicted octanol–water partition coefficient (Wildman–Crippen LogP) is 1.85. The van der Waals surface area contributed by atoms with Crippen molar-refractivity contribution in [1.82, 2.24) is 4.98 Å². The van der Waals surface area contributed by atoms with Crippen molar-refractivity contribution in [2.75, 3.05) is 5.32 Å². The number of amides is 2. The van der Waals surface area contributed by atoms with Crippen molar-refractivity contribution in [3.63, 3.8) is 0 Å². The molecule has 7 nitrogen and oxygen atoms in total. The highest BCUT2D eigenvalue weighted by Crippen LogP contribution is 2.15. The third kappa shape index (κ3) is 4.20. The molecular formula is C14H13N3O4. The summed E-state index contributed by atoms with van der Waals surface area (Å²) < 4.78 is 5.50. The summed E-state index contributed by atoms with van der Waals surface area (Å²) in [4.78, 5) is 25.5. The fourth-order valence-electron chi connectivity index (χ4n) is 1.66. The number of rotatable bonds is 5. The van der Waals surface area contributed by atoms with E-state index < -0.39 is 12.0 Å². The molecular weight excluding hydrogens is 274 g/mol. The number of primary amides is 1. The van der Waals surface area contributed by atoms with Gasteiger partial charge in [0, 0.05) is 11.9 Å². The Bertz CT molecular complexity index is 673. The molecule has 0 aliphatic heterocycles. The fourth-order valence-corrected chi connectivity index (χ4v) is 1.66. The first-order chi connectivity index (χ1) is 10.0. The van der Waals surface area contributed by atoms with Crippen molar-refractivity contribution in [1.29, 1.82) is 0 Å². The van der Waals surface area contributed by atoms with Crippen molar-refractivity contribution >= 4 is 17.7 Å². The van der Waals surface area contributed by atoms with Crippen LogP contribution in [0.2, 0.25) is 0 Å². The van der Waals surface area contributed by atoms with Gasteiger partial charge in [0.25, 0.3) is 0 Å². The molecule has 0 atom stereocenters. The van der Waals surface area contributed by atoms with Crippen LogP contribution in [0.4, 0.5) is 10.5 Å². The minimum atomic E-state index is -1.13. The van der Waals surface area contributed by atoms with Gasteiger partial charge in [-0.15, -0.1) is 0 Å². The Morgan fingerprint density at radius 3 is 2.81 bits per heavy atom. The number of pyridine rings is 1. The van der Waals surface area contributed by atoms with Crippen LogP contribution in [0.15, 0.2) is 42.7 Å². The maximum atomic E-state index is 11.0. The van der Waals surface area contributed by atoms with E-state index in [9.17, 15) is 9.59 Å². The molecule has 1 aromatic carbocycles. The van der Waals surface area contributed by atoms with Gasteiger partial charge in [0.15, 0.2) is 0 Å². The van der Waals surface area contributed by atoms with Gasteiger partial charge < -0.3 is 15.6 Å². The van der Waals surface area contributed by atoms with E-state index in [4.69, 9.17) is 15.6 Å². The summed E-state index contributed by atoms with van der Waals surface area (Å²) in [6.07, 6.45) is 1.68. The number of anilines is 1. The molecule has 0 aliphatic rings. The predicted molar refractivity (Wildman–Crippen MR) is 75.2 cm³/mol. The van der Waals surface area contributed by atoms with Gasteiger partial charge in [-0.1, -0.05) is 12.1 Å². The molecule has 2 rings (SSSR count). The van der Waals surface area contributed by atoms with E-state index in [1.807, 2.05) is 0 Å². The SMILES string of the molecule is NC(=O)c1cncc(OCc2cccc(NC(=O)O)c2)c1. The molecule has 2 amide bonds. The number of nitrogens with two attached hydrogens (primary N) is 1. The molecule has 7 heteroatoms. The third-order valence-corrected chi connectivity index (χ3v) is 2.58. The third-order valence-electron chi connectivity index (χ3n) is 2.58. The van der Waals surface area contributed by atoms with E-state index in [0.717, 1.165) is 5.56 Å². The zero-order chi connectivity index (χ0) is 15.2. The summed E-state index contributed by atoms with van der Waals surface area (Å²) in [5.41, 5.74) is 6.64. The number of ether oxygens (including phenoxy) is 1. The van der Waals surface area contributed by atoms with Crippen molar-refractivity contribution in [2.24, 2.45) is 5.73 Å². The summed E-state index contributed by atoms with van der Waals surface area (Å²) in [7, 11) is 0. The normalized spacial score (nSPS) is 9.90. The summed E-state index contributed by atoms with van der Waals surface area (Å²) in [5.74, 6) is -0.177. The van der Waals surface area contributed by atoms with Gasteiger partial charge in [0.05, 0.1) is 11.8 Å². The quantitative estimate of drug-likeness (QED) is 0.776. The molecule has 2 aromatic rings. The van der Waals surface area contributed by atoms with Crippen molar-refractivity contribution in [3.05, 3.63) is 53.9 Å². The second kappa shape index (κ2) is 6.38. The topological polar surface area (TPSA) is 115 Å². The second-order valence-electron chi connectivity index (χ2n) is 4.19. The number of nitrogens with zero attached hydrogens (tertiary/aromatic N) is 1. The minimum absolute atomic E-state index is 0.207. The number of hydrogen-bond donors (Lipinski definition) is 3. The summed E-state index contributed by atoms with van der Waals surface area (Å²) in [5, 5.41) is 10.9. The highest BCUT2D eigenvalue weighted by molar-refractivity contribution is 5.92. The summed E-state index contributed by atoms with van der Waals surface area (Å²) in [6, 6.07) is 8.28. The van der Waals surface area contributed by atoms with E-state index in [1.54, 1.807) is 24.3 Å². The number of nitrogens with one attached hydrogen (secondary N) is 1. The summed E-state index contributed by atoms with van der Waals surface area (Å²) >= 11 is 0. The zero-order valence-electron chi connectivity index (χ0n) is 10.9. The minimum Gasteiger partial charge on any atom is -0.487 e. The number of carbonyl (C=O) groups excluding carboxylic acids is 1. The standard InChI is InChI=1S/C14H13N3O4/c15-13(18)10-5-12(7-16-6-10)21-8-9-2-1-3-11(4-9)17-14(19)20/h1-7,17H,8H2,(H2,15,18)(H,19,20). The van der Waals surface area contributed by atoms with Crippen LogP contribution in [0.5, 0.6) is 5.75 Å². The van der Waals surface area contributed by atoms with Gasteiger partial charge >= 0.3 is 6.09 Å². The van der Waals surface area contributed by atoms with Crippen LogP contribution in [0.25, 0.3) is 0 Å².